The van der Waals surface area contributed by atoms with Crippen LogP contribution in [0.1, 0.15) is 12.6 Å². The van der Waals surface area contributed by atoms with E-state index in [1.807, 2.05) is 18.5 Å². The maximum atomic E-state index is 11.4. The van der Waals surface area contributed by atoms with Crippen molar-refractivity contribution >= 4 is 27.3 Å². The molecule has 5 nitrogen and oxygen atoms in total. The largest absolute Gasteiger partial charge is 0.395 e. The van der Waals surface area contributed by atoms with Gasteiger partial charge in [-0.3, -0.25) is 4.68 Å². The normalized spacial score (nSPS) is 11.8. The van der Waals surface area contributed by atoms with E-state index < -0.39 is 9.84 Å². The van der Waals surface area contributed by atoms with Crippen LogP contribution in [0.25, 0.3) is 0 Å². The molecule has 0 fully saturated rings. The van der Waals surface area contributed by atoms with Gasteiger partial charge in [0.05, 0.1) is 16.3 Å². The standard InChI is InChI=1S/C13H17N3O2S2/c1-4-16-13(12(14)9(2)15-16)19-10-5-7-11(8-6-10)20(3,17)18/h5-8H,4,14H2,1-3H3. The fourth-order valence-corrected chi connectivity index (χ4v) is 3.42. The summed E-state index contributed by atoms with van der Waals surface area (Å²) in [7, 11) is -3.16. The third-order valence-electron chi connectivity index (χ3n) is 2.89. The summed E-state index contributed by atoms with van der Waals surface area (Å²) in [5, 5.41) is 5.24. The zero-order chi connectivity index (χ0) is 14.9. The van der Waals surface area contributed by atoms with E-state index in [-0.39, 0.29) is 0 Å². The highest BCUT2D eigenvalue weighted by Gasteiger charge is 2.13. The van der Waals surface area contributed by atoms with E-state index in [9.17, 15) is 8.42 Å². The summed E-state index contributed by atoms with van der Waals surface area (Å²) < 4.78 is 24.7. The minimum absolute atomic E-state index is 0.315. The average Bonchev–Trinajstić information content (AvgIpc) is 2.66. The number of nitrogen functional groups attached to an aromatic ring is 1. The molecule has 0 radical (unpaired) electrons. The van der Waals surface area contributed by atoms with E-state index in [0.717, 1.165) is 22.2 Å². The highest BCUT2D eigenvalue weighted by atomic mass is 32.2. The summed E-state index contributed by atoms with van der Waals surface area (Å²) in [6.07, 6.45) is 1.20. The Bertz CT molecular complexity index is 719. The van der Waals surface area contributed by atoms with Crippen molar-refractivity contribution in [3.63, 3.8) is 0 Å². The number of aromatic nitrogens is 2. The lowest BCUT2D eigenvalue weighted by atomic mass is 10.4. The molecule has 0 unspecified atom stereocenters. The Kier molecular flexibility index (Phi) is 4.10. The first-order valence-electron chi connectivity index (χ1n) is 6.13. The van der Waals surface area contributed by atoms with Gasteiger partial charge < -0.3 is 5.73 Å². The molecule has 2 aromatic rings. The molecule has 7 heteroatoms. The number of rotatable bonds is 4. The van der Waals surface area contributed by atoms with Crippen LogP contribution in [0.4, 0.5) is 5.69 Å². The lowest BCUT2D eigenvalue weighted by molar-refractivity contribution is 0.601. The molecular weight excluding hydrogens is 294 g/mol. The van der Waals surface area contributed by atoms with E-state index in [4.69, 9.17) is 5.73 Å². The van der Waals surface area contributed by atoms with Gasteiger partial charge in [0.1, 0.15) is 5.03 Å². The molecule has 0 atom stereocenters. The first kappa shape index (κ1) is 14.9. The number of sulfone groups is 1. The van der Waals surface area contributed by atoms with Crippen LogP contribution >= 0.6 is 11.8 Å². The molecule has 2 rings (SSSR count). The first-order chi connectivity index (χ1) is 9.32. The van der Waals surface area contributed by atoms with E-state index in [1.165, 1.54) is 18.0 Å². The van der Waals surface area contributed by atoms with Gasteiger partial charge >= 0.3 is 0 Å². The Morgan fingerprint density at radius 1 is 1.30 bits per heavy atom. The van der Waals surface area contributed by atoms with Gasteiger partial charge in [0, 0.05) is 17.7 Å². The van der Waals surface area contributed by atoms with Crippen molar-refractivity contribution in [2.45, 2.75) is 35.2 Å². The van der Waals surface area contributed by atoms with Crippen LogP contribution in [0.5, 0.6) is 0 Å². The lowest BCUT2D eigenvalue weighted by Gasteiger charge is -2.06. The fraction of sp³-hybridized carbons (Fsp3) is 0.308. The van der Waals surface area contributed by atoms with Crippen molar-refractivity contribution in [2.75, 3.05) is 12.0 Å². The van der Waals surface area contributed by atoms with Crippen LogP contribution < -0.4 is 5.73 Å². The predicted molar refractivity (Wildman–Crippen MR) is 80.7 cm³/mol. The van der Waals surface area contributed by atoms with Crippen LogP contribution in [0.15, 0.2) is 39.1 Å². The molecule has 2 N–H and O–H groups in total. The summed E-state index contributed by atoms with van der Waals surface area (Å²) in [6, 6.07) is 6.77. The molecule has 0 aliphatic rings. The molecule has 0 aliphatic carbocycles. The maximum absolute atomic E-state index is 11.4. The third-order valence-corrected chi connectivity index (χ3v) is 5.15. The van der Waals surface area contributed by atoms with Gasteiger partial charge in [-0.1, -0.05) is 11.8 Å². The Hall–Kier alpha value is -1.47. The summed E-state index contributed by atoms with van der Waals surface area (Å²) in [5.41, 5.74) is 7.50. The highest BCUT2D eigenvalue weighted by molar-refractivity contribution is 7.99. The summed E-state index contributed by atoms with van der Waals surface area (Å²) in [5.74, 6) is 0. The molecule has 108 valence electrons. The Morgan fingerprint density at radius 3 is 2.40 bits per heavy atom. The van der Waals surface area contributed by atoms with Crippen molar-refractivity contribution in [3.8, 4) is 0 Å². The van der Waals surface area contributed by atoms with E-state index in [1.54, 1.807) is 24.3 Å². The quantitative estimate of drug-likeness (QED) is 0.937. The number of hydrogen-bond donors (Lipinski definition) is 1. The molecule has 0 spiro atoms. The van der Waals surface area contributed by atoms with Crippen molar-refractivity contribution in [2.24, 2.45) is 0 Å². The topological polar surface area (TPSA) is 78.0 Å². The number of hydrogen-bond acceptors (Lipinski definition) is 5. The van der Waals surface area contributed by atoms with Crippen molar-refractivity contribution < 1.29 is 8.42 Å². The van der Waals surface area contributed by atoms with E-state index >= 15 is 0 Å². The van der Waals surface area contributed by atoms with Crippen molar-refractivity contribution in [1.82, 2.24) is 9.78 Å². The predicted octanol–water partition coefficient (Wildman–Crippen LogP) is 2.35. The van der Waals surface area contributed by atoms with E-state index in [2.05, 4.69) is 5.10 Å². The van der Waals surface area contributed by atoms with Crippen LogP contribution in [0, 0.1) is 6.92 Å². The smallest absolute Gasteiger partial charge is 0.175 e. The zero-order valence-corrected chi connectivity index (χ0v) is 13.3. The molecule has 20 heavy (non-hydrogen) atoms. The molecular formula is C13H17N3O2S2. The van der Waals surface area contributed by atoms with Gasteiger partial charge in [-0.05, 0) is 38.1 Å². The molecule has 0 saturated carbocycles. The van der Waals surface area contributed by atoms with Crippen molar-refractivity contribution in [3.05, 3.63) is 30.0 Å². The molecule has 0 bridgehead atoms. The first-order valence-corrected chi connectivity index (χ1v) is 8.84. The fourth-order valence-electron chi connectivity index (χ4n) is 1.76. The SMILES string of the molecule is CCn1nc(C)c(N)c1Sc1ccc(S(C)(=O)=O)cc1. The van der Waals surface area contributed by atoms with E-state index in [0.29, 0.717) is 10.6 Å². The van der Waals surface area contributed by atoms with Crippen molar-refractivity contribution in [1.29, 1.82) is 0 Å². The Morgan fingerprint density at radius 2 is 1.90 bits per heavy atom. The Balaban J connectivity index is 2.31. The number of nitrogens with two attached hydrogens (primary N) is 1. The number of benzene rings is 1. The zero-order valence-electron chi connectivity index (χ0n) is 11.6. The second kappa shape index (κ2) is 5.49. The number of anilines is 1. The minimum atomic E-state index is -3.16. The van der Waals surface area contributed by atoms with Gasteiger partial charge in [0.25, 0.3) is 0 Å². The third kappa shape index (κ3) is 2.99. The number of aryl methyl sites for hydroxylation is 2. The molecule has 1 aromatic carbocycles. The molecule has 1 heterocycles. The van der Waals surface area contributed by atoms with Gasteiger partial charge in [-0.2, -0.15) is 5.10 Å². The van der Waals surface area contributed by atoms with Crippen LogP contribution in [0.3, 0.4) is 0 Å². The molecule has 0 amide bonds. The summed E-state index contributed by atoms with van der Waals surface area (Å²) >= 11 is 1.49. The second-order valence-electron chi connectivity index (χ2n) is 4.47. The Labute approximate surface area is 123 Å². The lowest BCUT2D eigenvalue weighted by Crippen LogP contribution is -1.99. The van der Waals surface area contributed by atoms with Gasteiger partial charge in [-0.25, -0.2) is 8.42 Å². The van der Waals surface area contributed by atoms with Crippen LogP contribution in [0.2, 0.25) is 0 Å². The summed E-state index contributed by atoms with van der Waals surface area (Å²) in [6.45, 7) is 4.61. The monoisotopic (exact) mass is 311 g/mol. The summed E-state index contributed by atoms with van der Waals surface area (Å²) in [4.78, 5) is 1.24. The van der Waals surface area contributed by atoms with Gasteiger partial charge in [0.15, 0.2) is 9.84 Å². The van der Waals surface area contributed by atoms with Gasteiger partial charge in [-0.15, -0.1) is 0 Å². The maximum Gasteiger partial charge on any atom is 0.175 e. The number of nitrogens with zero attached hydrogens (tertiary/aromatic N) is 2. The molecule has 1 aromatic heterocycles. The van der Waals surface area contributed by atoms with Crippen LogP contribution in [-0.4, -0.2) is 24.5 Å². The average molecular weight is 311 g/mol. The molecule has 0 aliphatic heterocycles. The molecule has 0 saturated heterocycles. The van der Waals surface area contributed by atoms with Crippen LogP contribution in [-0.2, 0) is 16.4 Å². The van der Waals surface area contributed by atoms with Gasteiger partial charge in [0.2, 0.25) is 0 Å². The minimum Gasteiger partial charge on any atom is -0.395 e. The second-order valence-corrected chi connectivity index (χ2v) is 7.54. The highest BCUT2D eigenvalue weighted by Crippen LogP contribution is 2.34.